The molecule has 2 aliphatic rings. The van der Waals surface area contributed by atoms with Gasteiger partial charge >= 0.3 is 0 Å². The second kappa shape index (κ2) is 5.13. The number of carbonyl (C=O) groups is 1. The minimum absolute atomic E-state index is 0.245. The van der Waals surface area contributed by atoms with E-state index in [1.54, 1.807) is 0 Å². The van der Waals surface area contributed by atoms with Gasteiger partial charge in [0.15, 0.2) is 0 Å². The third-order valence-electron chi connectivity index (χ3n) is 4.46. The largest absolute Gasteiger partial charge is 0.356 e. The number of fused-ring (bicyclic) bond motifs is 1. The molecule has 2 unspecified atom stereocenters. The molecular weight excluding hydrogens is 222 g/mol. The van der Waals surface area contributed by atoms with E-state index in [0.29, 0.717) is 5.92 Å². The first-order chi connectivity index (χ1) is 8.84. The second-order valence-electron chi connectivity index (χ2n) is 5.65. The topological polar surface area (TPSA) is 29.1 Å². The minimum Gasteiger partial charge on any atom is -0.356 e. The van der Waals surface area contributed by atoms with E-state index in [1.165, 1.54) is 30.4 Å². The molecule has 1 aliphatic carbocycles. The van der Waals surface area contributed by atoms with E-state index < -0.39 is 0 Å². The molecule has 1 saturated heterocycles. The third kappa shape index (κ3) is 2.29. The predicted octanol–water partition coefficient (Wildman–Crippen LogP) is 3.02. The summed E-state index contributed by atoms with van der Waals surface area (Å²) in [5.74, 6) is 1.13. The summed E-state index contributed by atoms with van der Waals surface area (Å²) in [5, 5.41) is 3.01. The summed E-state index contributed by atoms with van der Waals surface area (Å²) in [6, 6.07) is 8.79. The maximum atomic E-state index is 11.9. The molecule has 0 radical (unpaired) electrons. The van der Waals surface area contributed by atoms with Gasteiger partial charge in [-0.2, -0.15) is 0 Å². The van der Waals surface area contributed by atoms with E-state index in [4.69, 9.17) is 0 Å². The molecule has 1 N–H and O–H groups in total. The van der Waals surface area contributed by atoms with Crippen molar-refractivity contribution in [3.63, 3.8) is 0 Å². The number of hydrogen-bond donors (Lipinski definition) is 1. The van der Waals surface area contributed by atoms with Crippen LogP contribution in [0, 0.1) is 5.92 Å². The lowest BCUT2D eigenvalue weighted by atomic mass is 9.77. The van der Waals surface area contributed by atoms with Gasteiger partial charge < -0.3 is 5.32 Å². The van der Waals surface area contributed by atoms with Crippen LogP contribution in [-0.2, 0) is 11.2 Å². The Morgan fingerprint density at radius 1 is 1.11 bits per heavy atom. The average molecular weight is 243 g/mol. The van der Waals surface area contributed by atoms with Crippen molar-refractivity contribution in [3.8, 4) is 0 Å². The van der Waals surface area contributed by atoms with Gasteiger partial charge in [-0.3, -0.25) is 4.79 Å². The molecule has 1 fully saturated rings. The molecule has 1 aromatic carbocycles. The summed E-state index contributed by atoms with van der Waals surface area (Å²) in [4.78, 5) is 11.9. The fourth-order valence-electron chi connectivity index (χ4n) is 3.50. The molecule has 3 rings (SSSR count). The zero-order chi connectivity index (χ0) is 12.4. The third-order valence-corrected chi connectivity index (χ3v) is 4.46. The van der Waals surface area contributed by atoms with E-state index in [2.05, 4.69) is 29.6 Å². The molecule has 2 nitrogen and oxygen atoms in total. The standard InChI is InChI=1S/C16H21NO/c18-16-14(8-4-10-17-16)11-13-7-3-6-12-5-1-2-9-15(12)13/h1-2,5,9,13-14H,3-4,6-8,10-11H2,(H,17,18). The van der Waals surface area contributed by atoms with Crippen LogP contribution < -0.4 is 5.32 Å². The van der Waals surface area contributed by atoms with Crippen molar-refractivity contribution in [1.29, 1.82) is 0 Å². The number of carbonyl (C=O) groups excluding carboxylic acids is 1. The molecule has 0 aromatic heterocycles. The SMILES string of the molecule is O=C1NCCCC1CC1CCCc2ccccc21. The van der Waals surface area contributed by atoms with Crippen LogP contribution >= 0.6 is 0 Å². The van der Waals surface area contributed by atoms with Gasteiger partial charge in [-0.25, -0.2) is 0 Å². The summed E-state index contributed by atoms with van der Waals surface area (Å²) in [7, 11) is 0. The van der Waals surface area contributed by atoms with Gasteiger partial charge in [0.2, 0.25) is 5.91 Å². The maximum Gasteiger partial charge on any atom is 0.223 e. The first-order valence-corrected chi connectivity index (χ1v) is 7.20. The molecule has 1 aromatic rings. The number of rotatable bonds is 2. The van der Waals surface area contributed by atoms with Crippen molar-refractivity contribution in [2.75, 3.05) is 6.54 Å². The monoisotopic (exact) mass is 243 g/mol. The Morgan fingerprint density at radius 2 is 1.94 bits per heavy atom. The van der Waals surface area contributed by atoms with Crippen LogP contribution in [0.3, 0.4) is 0 Å². The molecular formula is C16H21NO. The first kappa shape index (κ1) is 11.8. The molecule has 96 valence electrons. The normalized spacial score (nSPS) is 27.4. The summed E-state index contributed by atoms with van der Waals surface area (Å²) in [5.41, 5.74) is 3.01. The Hall–Kier alpha value is -1.31. The number of hydrogen-bond acceptors (Lipinski definition) is 1. The molecule has 2 atom stereocenters. The Balaban J connectivity index is 1.75. The van der Waals surface area contributed by atoms with Crippen LogP contribution in [0.4, 0.5) is 0 Å². The fraction of sp³-hybridized carbons (Fsp3) is 0.562. The van der Waals surface area contributed by atoms with E-state index in [0.717, 1.165) is 25.8 Å². The van der Waals surface area contributed by atoms with Crippen molar-refractivity contribution >= 4 is 5.91 Å². The van der Waals surface area contributed by atoms with Crippen molar-refractivity contribution in [2.45, 2.75) is 44.4 Å². The average Bonchev–Trinajstić information content (AvgIpc) is 2.42. The van der Waals surface area contributed by atoms with Crippen LogP contribution in [0.15, 0.2) is 24.3 Å². The Morgan fingerprint density at radius 3 is 2.83 bits per heavy atom. The van der Waals surface area contributed by atoms with Gasteiger partial charge in [-0.15, -0.1) is 0 Å². The Labute approximate surface area is 109 Å². The van der Waals surface area contributed by atoms with Crippen molar-refractivity contribution in [2.24, 2.45) is 5.92 Å². The van der Waals surface area contributed by atoms with E-state index >= 15 is 0 Å². The van der Waals surface area contributed by atoms with Gasteiger partial charge in [-0.1, -0.05) is 24.3 Å². The maximum absolute atomic E-state index is 11.9. The number of aryl methyl sites for hydroxylation is 1. The number of piperidine rings is 1. The first-order valence-electron chi connectivity index (χ1n) is 7.20. The second-order valence-corrected chi connectivity index (χ2v) is 5.65. The van der Waals surface area contributed by atoms with Crippen LogP contribution in [0.1, 0.15) is 49.1 Å². The van der Waals surface area contributed by atoms with E-state index in [-0.39, 0.29) is 11.8 Å². The number of benzene rings is 1. The Kier molecular flexibility index (Phi) is 3.35. The quantitative estimate of drug-likeness (QED) is 0.850. The lowest BCUT2D eigenvalue weighted by Gasteiger charge is -2.30. The fourth-order valence-corrected chi connectivity index (χ4v) is 3.50. The van der Waals surface area contributed by atoms with Crippen molar-refractivity contribution in [1.82, 2.24) is 5.32 Å². The zero-order valence-corrected chi connectivity index (χ0v) is 10.8. The van der Waals surface area contributed by atoms with Gasteiger partial charge in [-0.05, 0) is 55.6 Å². The lowest BCUT2D eigenvalue weighted by Crippen LogP contribution is -2.37. The van der Waals surface area contributed by atoms with Crippen LogP contribution in [0.2, 0.25) is 0 Å². The van der Waals surface area contributed by atoms with Gasteiger partial charge in [0.05, 0.1) is 0 Å². The molecule has 1 heterocycles. The van der Waals surface area contributed by atoms with Gasteiger partial charge in [0.1, 0.15) is 0 Å². The van der Waals surface area contributed by atoms with E-state index in [9.17, 15) is 4.79 Å². The van der Waals surface area contributed by atoms with Gasteiger partial charge in [0.25, 0.3) is 0 Å². The van der Waals surface area contributed by atoms with Gasteiger partial charge in [0, 0.05) is 12.5 Å². The molecule has 0 bridgehead atoms. The smallest absolute Gasteiger partial charge is 0.223 e. The number of nitrogens with one attached hydrogen (secondary N) is 1. The Bertz CT molecular complexity index is 440. The molecule has 0 spiro atoms. The molecule has 18 heavy (non-hydrogen) atoms. The molecule has 0 saturated carbocycles. The predicted molar refractivity (Wildman–Crippen MR) is 72.5 cm³/mol. The van der Waals surface area contributed by atoms with E-state index in [1.807, 2.05) is 0 Å². The molecule has 1 amide bonds. The highest BCUT2D eigenvalue weighted by Crippen LogP contribution is 2.37. The summed E-state index contributed by atoms with van der Waals surface area (Å²) >= 11 is 0. The van der Waals surface area contributed by atoms with Crippen molar-refractivity contribution < 1.29 is 4.79 Å². The zero-order valence-electron chi connectivity index (χ0n) is 10.8. The summed E-state index contributed by atoms with van der Waals surface area (Å²) in [6.45, 7) is 0.872. The van der Waals surface area contributed by atoms with Crippen LogP contribution in [-0.4, -0.2) is 12.5 Å². The number of amides is 1. The summed E-state index contributed by atoms with van der Waals surface area (Å²) in [6.07, 6.45) is 7.00. The molecule has 2 heteroatoms. The highest BCUT2D eigenvalue weighted by atomic mass is 16.1. The van der Waals surface area contributed by atoms with Crippen molar-refractivity contribution in [3.05, 3.63) is 35.4 Å². The highest BCUT2D eigenvalue weighted by molar-refractivity contribution is 5.79. The summed E-state index contributed by atoms with van der Waals surface area (Å²) < 4.78 is 0. The highest BCUT2D eigenvalue weighted by Gasteiger charge is 2.28. The minimum atomic E-state index is 0.245. The lowest BCUT2D eigenvalue weighted by molar-refractivity contribution is -0.127. The van der Waals surface area contributed by atoms with Crippen LogP contribution in [0.25, 0.3) is 0 Å². The molecule has 1 aliphatic heterocycles. The van der Waals surface area contributed by atoms with Crippen LogP contribution in [0.5, 0.6) is 0 Å².